The molecule has 8 bridgehead atoms. The normalized spacial score (nSPS) is 19.0. The van der Waals surface area contributed by atoms with E-state index in [1.165, 1.54) is 11.1 Å². The van der Waals surface area contributed by atoms with Gasteiger partial charge in [0.15, 0.2) is 0 Å². The van der Waals surface area contributed by atoms with Gasteiger partial charge in [0.05, 0.1) is 105 Å². The van der Waals surface area contributed by atoms with Crippen molar-refractivity contribution in [3.8, 4) is 23.0 Å². The Labute approximate surface area is 772 Å². The molecule has 2 heterocycles. The number of fused-ring (bicyclic) bond motifs is 8. The molecule has 1 aliphatic carbocycles. The van der Waals surface area contributed by atoms with Crippen LogP contribution in [0.1, 0.15) is 192 Å². The minimum atomic E-state index is -0.532. The maximum atomic E-state index is 7.45. The zero-order valence-electron chi connectivity index (χ0n) is 76.6. The molecule has 12 aromatic rings. The summed E-state index contributed by atoms with van der Waals surface area (Å²) < 4.78 is 99.9. The van der Waals surface area contributed by atoms with Crippen molar-refractivity contribution in [2.45, 2.75) is 244 Å². The Kier molecular flexibility index (Phi) is 36.7. The third kappa shape index (κ3) is 27.3. The molecule has 10 atom stereocenters. The quantitative estimate of drug-likeness (QED) is 0.0335. The Hall–Kier alpha value is -10.6. The molecule has 0 amide bonds. The summed E-state index contributed by atoms with van der Waals surface area (Å²) in [6.45, 7) is 14.7. The Morgan fingerprint density at radius 3 is 0.692 bits per heavy atom. The van der Waals surface area contributed by atoms with Crippen LogP contribution in [0.3, 0.4) is 0 Å². The molecule has 14 heteroatoms. The highest BCUT2D eigenvalue weighted by atomic mass is 16.6. The predicted octanol–water partition coefficient (Wildman–Crippen LogP) is 24.4. The van der Waals surface area contributed by atoms with Crippen molar-refractivity contribution in [3.05, 3.63) is 403 Å². The molecule has 130 heavy (non-hydrogen) atoms. The lowest BCUT2D eigenvalue weighted by atomic mass is 9.88. The first kappa shape index (κ1) is 94.1. The zero-order valence-corrected chi connectivity index (χ0v) is 76.6. The van der Waals surface area contributed by atoms with E-state index in [0.29, 0.717) is 131 Å². The number of para-hydroxylation sites is 2. The third-order valence-corrected chi connectivity index (χ3v) is 24.7. The monoisotopic (exact) mass is 1750 g/mol. The van der Waals surface area contributed by atoms with Crippen LogP contribution in [-0.2, 0) is 139 Å². The summed E-state index contributed by atoms with van der Waals surface area (Å²) in [6, 6.07) is 106. The summed E-state index contributed by atoms with van der Waals surface area (Å²) in [6.07, 6.45) is 7.50. The van der Waals surface area contributed by atoms with Gasteiger partial charge in [-0.2, -0.15) is 0 Å². The van der Waals surface area contributed by atoms with E-state index in [1.807, 2.05) is 48.5 Å². The standard InChI is InChI=1S/C116H132O14/c1-5-63-119-107-95-57-37-58-96(107)72-100-68-94(56-34-36-62-104-112(124-78-88-45-23-12-24-46-88)116(128-82-92-53-31-16-32-54-92)114(126-80-90-49-27-14-28-50-90)106(130-104)84-118-76-86-41-19-10-20-42-86)70-102(110(100)122-66-8-4)74-98-60-38-59-97(108(98)120-64-6-2)73-101-69-93(67-99(71-95)109(101)121-65-7-3)55-33-35-61-103-111(123-77-87-43-21-11-22-44-87)115(127-81-91-51-29-15-30-52-91)113(125-79-89-47-25-13-26-48-89)105(129-103)83-117-75-85-39-17-9-18-40-85/h9-32,37-54,57-60,67-70,103-106,111-116H,5-8,33-36,55-56,61-66,71-84H2,1-4H3/t103-,104-,105+,106+,111-,112-,113+,114+,115+,116+/m0/s1. The first-order valence-electron chi connectivity index (χ1n) is 47.8. The molecule has 2 aliphatic heterocycles. The molecule has 0 saturated carbocycles. The second-order valence-electron chi connectivity index (χ2n) is 34.9. The van der Waals surface area contributed by atoms with Gasteiger partial charge in [-0.15, -0.1) is 0 Å². The molecule has 0 aromatic heterocycles. The molecule has 680 valence electrons. The number of aryl methyl sites for hydroxylation is 2. The second-order valence-corrected chi connectivity index (χ2v) is 34.9. The summed E-state index contributed by atoms with van der Waals surface area (Å²) in [5.41, 5.74) is 20.0. The van der Waals surface area contributed by atoms with Gasteiger partial charge >= 0.3 is 0 Å². The topological polar surface area (TPSA) is 129 Å². The van der Waals surface area contributed by atoms with E-state index in [9.17, 15) is 0 Å². The molecule has 15 rings (SSSR count). The fraction of sp³-hybridized carbons (Fsp3) is 0.379. The summed E-state index contributed by atoms with van der Waals surface area (Å²) >= 11 is 0. The van der Waals surface area contributed by atoms with Crippen LogP contribution in [0.2, 0.25) is 0 Å². The maximum Gasteiger partial charge on any atom is 0.126 e. The first-order chi connectivity index (χ1) is 64.3. The van der Waals surface area contributed by atoms with E-state index in [4.69, 9.17) is 66.3 Å². The van der Waals surface area contributed by atoms with Gasteiger partial charge in [0.25, 0.3) is 0 Å². The number of hydrogen-bond donors (Lipinski definition) is 0. The van der Waals surface area contributed by atoms with E-state index in [0.717, 1.165) is 176 Å². The lowest BCUT2D eigenvalue weighted by Gasteiger charge is -2.46. The van der Waals surface area contributed by atoms with Gasteiger partial charge < -0.3 is 66.3 Å². The summed E-state index contributed by atoms with van der Waals surface area (Å²) in [7, 11) is 0. The van der Waals surface area contributed by atoms with Crippen molar-refractivity contribution in [1.29, 1.82) is 0 Å². The zero-order chi connectivity index (χ0) is 88.9. The minimum Gasteiger partial charge on any atom is -0.493 e. The van der Waals surface area contributed by atoms with Crippen molar-refractivity contribution < 1.29 is 66.3 Å². The molecule has 0 N–H and O–H groups in total. The van der Waals surface area contributed by atoms with Gasteiger partial charge in [-0.25, -0.2) is 0 Å². The Balaban J connectivity index is 0.738. The molecular weight excluding hydrogens is 1620 g/mol. The Morgan fingerprint density at radius 1 is 0.223 bits per heavy atom. The first-order valence-corrected chi connectivity index (χ1v) is 47.8. The SMILES string of the molecule is CCCOc1c2cccc1Cc1cc(CCCC[C@@H]3O[C@H](COCc4ccccc4)[C@@H](OCc4ccccc4)[C@H](OCc4ccccc4)[C@H]3OCc3ccccc3)cc(c1OCCC)Cc1cccc(c1OCCC)Cc1cc(CCCC[C@@H]3O[C@H](COCc4ccccc4)[C@@H](OCc4ccccc4)[C@H](OCc4ccccc4)[C@H]3OCc3ccccc3)cc(c1OCCC)C2. The van der Waals surface area contributed by atoms with Crippen LogP contribution in [0, 0.1) is 0 Å². The predicted molar refractivity (Wildman–Crippen MR) is 515 cm³/mol. The van der Waals surface area contributed by atoms with E-state index < -0.39 is 48.8 Å². The lowest BCUT2D eigenvalue weighted by Crippen LogP contribution is -2.61. The van der Waals surface area contributed by atoms with Crippen molar-refractivity contribution >= 4 is 0 Å². The van der Waals surface area contributed by atoms with Crippen molar-refractivity contribution in [2.75, 3.05) is 39.6 Å². The summed E-state index contributed by atoms with van der Waals surface area (Å²) in [5.74, 6) is 3.68. The minimum absolute atomic E-state index is 0.299. The highest BCUT2D eigenvalue weighted by Crippen LogP contribution is 2.43. The number of hydrogen-bond acceptors (Lipinski definition) is 14. The van der Waals surface area contributed by atoms with Gasteiger partial charge in [-0.1, -0.05) is 344 Å². The number of rotatable bonds is 48. The number of unbranched alkanes of at least 4 members (excludes halogenated alkanes) is 2. The molecule has 14 nitrogen and oxygen atoms in total. The van der Waals surface area contributed by atoms with Crippen LogP contribution in [0.4, 0.5) is 0 Å². The molecule has 3 aliphatic rings. The number of ether oxygens (including phenoxy) is 14. The average molecular weight is 1750 g/mol. The molecular formula is C116H132O14. The van der Waals surface area contributed by atoms with Gasteiger partial charge in [-0.3, -0.25) is 0 Å². The largest absolute Gasteiger partial charge is 0.493 e. The molecule has 0 radical (unpaired) electrons. The highest BCUT2D eigenvalue weighted by Gasteiger charge is 2.50. The third-order valence-electron chi connectivity index (χ3n) is 24.7. The maximum absolute atomic E-state index is 7.45. The van der Waals surface area contributed by atoms with Crippen LogP contribution in [-0.4, -0.2) is 101 Å². The van der Waals surface area contributed by atoms with E-state index in [-0.39, 0.29) is 12.2 Å². The van der Waals surface area contributed by atoms with Crippen LogP contribution < -0.4 is 18.9 Å². The van der Waals surface area contributed by atoms with Gasteiger partial charge in [-0.05, 0) is 164 Å². The fourth-order valence-corrected chi connectivity index (χ4v) is 18.3. The molecule has 2 fully saturated rings. The van der Waals surface area contributed by atoms with Crippen LogP contribution in [0.15, 0.2) is 303 Å². The van der Waals surface area contributed by atoms with Crippen LogP contribution in [0.5, 0.6) is 23.0 Å². The van der Waals surface area contributed by atoms with Gasteiger partial charge in [0.2, 0.25) is 0 Å². The van der Waals surface area contributed by atoms with Crippen LogP contribution in [0.25, 0.3) is 0 Å². The Bertz CT molecular complexity index is 4840. The van der Waals surface area contributed by atoms with E-state index in [2.05, 4.69) is 282 Å². The molecule has 12 aromatic carbocycles. The molecule has 0 spiro atoms. The Morgan fingerprint density at radius 2 is 0.446 bits per heavy atom. The molecule has 0 unspecified atom stereocenters. The molecule has 2 saturated heterocycles. The van der Waals surface area contributed by atoms with Gasteiger partial charge in [0, 0.05) is 25.7 Å². The summed E-state index contributed by atoms with van der Waals surface area (Å²) in [5, 5.41) is 0. The second kappa shape index (κ2) is 50.7. The van der Waals surface area contributed by atoms with Crippen molar-refractivity contribution in [2.24, 2.45) is 0 Å². The van der Waals surface area contributed by atoms with Crippen molar-refractivity contribution in [3.63, 3.8) is 0 Å². The van der Waals surface area contributed by atoms with E-state index in [1.54, 1.807) is 0 Å². The average Bonchev–Trinajstić information content (AvgIpc) is 0.800. The lowest BCUT2D eigenvalue weighted by molar-refractivity contribution is -0.273. The van der Waals surface area contributed by atoms with Gasteiger partial charge in [0.1, 0.15) is 71.8 Å². The van der Waals surface area contributed by atoms with Crippen molar-refractivity contribution in [1.82, 2.24) is 0 Å². The fourth-order valence-electron chi connectivity index (χ4n) is 18.3. The smallest absolute Gasteiger partial charge is 0.126 e. The van der Waals surface area contributed by atoms with Crippen LogP contribution >= 0.6 is 0 Å². The van der Waals surface area contributed by atoms with E-state index >= 15 is 0 Å². The highest BCUT2D eigenvalue weighted by molar-refractivity contribution is 5.58. The number of benzene rings is 12. The summed E-state index contributed by atoms with van der Waals surface area (Å²) in [4.78, 5) is 0.